The highest BCUT2D eigenvalue weighted by Crippen LogP contribution is 2.50. The van der Waals surface area contributed by atoms with Crippen molar-refractivity contribution in [1.29, 1.82) is 0 Å². The quantitative estimate of drug-likeness (QED) is 0.910. The lowest BCUT2D eigenvalue weighted by molar-refractivity contribution is -0.145. The molecule has 3 atom stereocenters. The first-order valence-electron chi connectivity index (χ1n) is 7.99. The zero-order valence-electron chi connectivity index (χ0n) is 13.1. The van der Waals surface area contributed by atoms with Crippen molar-refractivity contribution in [1.82, 2.24) is 9.80 Å². The summed E-state index contributed by atoms with van der Waals surface area (Å²) in [6.45, 7) is 3.50. The zero-order chi connectivity index (χ0) is 16.6. The normalized spacial score (nSPS) is 25.2. The second-order valence-electron chi connectivity index (χ2n) is 6.30. The summed E-state index contributed by atoms with van der Waals surface area (Å²) in [5, 5.41) is 10.1. The maximum atomic E-state index is 12.6. The second kappa shape index (κ2) is 6.49. The Morgan fingerprint density at radius 2 is 1.78 bits per heavy atom. The molecule has 5 nitrogen and oxygen atoms in total. The number of aliphatic hydroxyl groups is 1. The van der Waals surface area contributed by atoms with Crippen LogP contribution in [0.15, 0.2) is 24.3 Å². The van der Waals surface area contributed by atoms with Gasteiger partial charge in [0.1, 0.15) is 6.10 Å². The Morgan fingerprint density at radius 3 is 2.39 bits per heavy atom. The van der Waals surface area contributed by atoms with Gasteiger partial charge in [0.15, 0.2) is 0 Å². The van der Waals surface area contributed by atoms with E-state index >= 15 is 0 Å². The Hall–Kier alpha value is -1.59. The van der Waals surface area contributed by atoms with Gasteiger partial charge >= 0.3 is 0 Å². The minimum absolute atomic E-state index is 0.00826. The molecular formula is C17H21ClN2O3. The van der Waals surface area contributed by atoms with E-state index in [1.807, 2.05) is 29.2 Å². The molecule has 1 aromatic carbocycles. The Kier molecular flexibility index (Phi) is 4.60. The number of halogens is 1. The number of nitrogens with zero attached hydrogens (tertiary/aromatic N) is 2. The van der Waals surface area contributed by atoms with Gasteiger partial charge in [-0.05, 0) is 30.9 Å². The molecule has 23 heavy (non-hydrogen) atoms. The second-order valence-corrected chi connectivity index (χ2v) is 6.70. The van der Waals surface area contributed by atoms with Gasteiger partial charge in [0, 0.05) is 37.1 Å². The summed E-state index contributed by atoms with van der Waals surface area (Å²) in [4.78, 5) is 27.8. The van der Waals surface area contributed by atoms with Crippen LogP contribution in [0.25, 0.3) is 0 Å². The highest BCUT2D eigenvalue weighted by Gasteiger charge is 2.46. The third-order valence-electron chi connectivity index (χ3n) is 4.67. The lowest BCUT2D eigenvalue weighted by Crippen LogP contribution is -2.52. The first kappa shape index (κ1) is 16.3. The highest BCUT2D eigenvalue weighted by atomic mass is 35.5. The standard InChI is InChI=1S/C17H21ClN2O3/c1-11(21)16(22)19-6-8-20(9-7-19)17(23)14-10-13(14)12-4-2-3-5-15(12)18/h2-5,11,13-14,21H,6-10H2,1H3. The number of amides is 2. The van der Waals surface area contributed by atoms with E-state index in [2.05, 4.69) is 0 Å². The van der Waals surface area contributed by atoms with Crippen molar-refractivity contribution >= 4 is 23.4 Å². The molecule has 2 amide bonds. The molecule has 6 heteroatoms. The number of rotatable bonds is 3. The first-order chi connectivity index (χ1) is 11.0. The SMILES string of the molecule is CC(O)C(=O)N1CCN(C(=O)C2CC2c2ccccc2Cl)CC1. The fraction of sp³-hybridized carbons (Fsp3) is 0.529. The molecule has 1 aromatic rings. The maximum Gasteiger partial charge on any atom is 0.251 e. The van der Waals surface area contributed by atoms with Gasteiger partial charge in [0.05, 0.1) is 0 Å². The lowest BCUT2D eigenvalue weighted by atomic mass is 10.1. The Bertz CT molecular complexity index is 612. The van der Waals surface area contributed by atoms with Gasteiger partial charge in [-0.1, -0.05) is 29.8 Å². The number of hydrogen-bond acceptors (Lipinski definition) is 3. The molecule has 0 aromatic heterocycles. The molecule has 1 aliphatic carbocycles. The molecular weight excluding hydrogens is 316 g/mol. The van der Waals surface area contributed by atoms with Crippen LogP contribution in [0, 0.1) is 5.92 Å². The van der Waals surface area contributed by atoms with E-state index in [1.165, 1.54) is 6.92 Å². The summed E-state index contributed by atoms with van der Waals surface area (Å²) in [6, 6.07) is 7.68. The fourth-order valence-corrected chi connectivity index (χ4v) is 3.51. The van der Waals surface area contributed by atoms with Gasteiger partial charge in [-0.2, -0.15) is 0 Å². The fourth-order valence-electron chi connectivity index (χ4n) is 3.23. The predicted molar refractivity (Wildman–Crippen MR) is 87.1 cm³/mol. The third-order valence-corrected chi connectivity index (χ3v) is 5.02. The van der Waals surface area contributed by atoms with Crippen LogP contribution < -0.4 is 0 Å². The minimum atomic E-state index is -0.981. The van der Waals surface area contributed by atoms with Crippen LogP contribution in [-0.2, 0) is 9.59 Å². The predicted octanol–water partition coefficient (Wildman–Crippen LogP) is 1.50. The summed E-state index contributed by atoms with van der Waals surface area (Å²) in [7, 11) is 0. The van der Waals surface area contributed by atoms with Crippen LogP contribution in [0.3, 0.4) is 0 Å². The largest absolute Gasteiger partial charge is 0.384 e. The van der Waals surface area contributed by atoms with Crippen molar-refractivity contribution in [3.8, 4) is 0 Å². The Balaban J connectivity index is 1.55. The number of carbonyl (C=O) groups excluding carboxylic acids is 2. The number of hydrogen-bond donors (Lipinski definition) is 1. The lowest BCUT2D eigenvalue weighted by Gasteiger charge is -2.35. The molecule has 1 N–H and O–H groups in total. The molecule has 2 aliphatic rings. The van der Waals surface area contributed by atoms with Gasteiger partial charge in [0.2, 0.25) is 5.91 Å². The third kappa shape index (κ3) is 3.35. The van der Waals surface area contributed by atoms with Crippen LogP contribution >= 0.6 is 11.6 Å². The molecule has 1 aliphatic heterocycles. The summed E-state index contributed by atoms with van der Waals surface area (Å²) >= 11 is 6.21. The van der Waals surface area contributed by atoms with E-state index in [9.17, 15) is 14.7 Å². The van der Waals surface area contributed by atoms with Crippen molar-refractivity contribution in [3.63, 3.8) is 0 Å². The molecule has 124 valence electrons. The van der Waals surface area contributed by atoms with Gasteiger partial charge in [-0.15, -0.1) is 0 Å². The van der Waals surface area contributed by atoms with Crippen LogP contribution in [-0.4, -0.2) is 59.0 Å². The van der Waals surface area contributed by atoms with Crippen molar-refractivity contribution < 1.29 is 14.7 Å². The molecule has 3 unspecified atom stereocenters. The van der Waals surface area contributed by atoms with E-state index < -0.39 is 6.10 Å². The van der Waals surface area contributed by atoms with Gasteiger partial charge in [-0.3, -0.25) is 9.59 Å². The van der Waals surface area contributed by atoms with Gasteiger partial charge < -0.3 is 14.9 Å². The summed E-state index contributed by atoms with van der Waals surface area (Å²) in [5.74, 6) is 0.110. The summed E-state index contributed by atoms with van der Waals surface area (Å²) in [5.41, 5.74) is 1.05. The average molecular weight is 337 g/mol. The number of benzene rings is 1. The van der Waals surface area contributed by atoms with Crippen LogP contribution in [0.2, 0.25) is 5.02 Å². The monoisotopic (exact) mass is 336 g/mol. The van der Waals surface area contributed by atoms with E-state index in [-0.39, 0.29) is 23.7 Å². The molecule has 2 fully saturated rings. The van der Waals surface area contributed by atoms with E-state index in [4.69, 9.17) is 11.6 Å². The van der Waals surface area contributed by atoms with Crippen LogP contribution in [0.4, 0.5) is 0 Å². The van der Waals surface area contributed by atoms with E-state index in [0.29, 0.717) is 26.2 Å². The van der Waals surface area contributed by atoms with Crippen molar-refractivity contribution in [2.45, 2.75) is 25.4 Å². The van der Waals surface area contributed by atoms with E-state index in [1.54, 1.807) is 4.90 Å². The average Bonchev–Trinajstić information content (AvgIpc) is 3.34. The summed E-state index contributed by atoms with van der Waals surface area (Å²) < 4.78 is 0. The number of carbonyl (C=O) groups is 2. The smallest absolute Gasteiger partial charge is 0.251 e. The van der Waals surface area contributed by atoms with Crippen molar-refractivity contribution in [2.24, 2.45) is 5.92 Å². The first-order valence-corrected chi connectivity index (χ1v) is 8.37. The number of aliphatic hydroxyl groups excluding tert-OH is 1. The molecule has 0 bridgehead atoms. The molecule has 0 radical (unpaired) electrons. The Morgan fingerprint density at radius 1 is 1.17 bits per heavy atom. The topological polar surface area (TPSA) is 60.9 Å². The maximum absolute atomic E-state index is 12.6. The number of piperazine rings is 1. The Labute approximate surface area is 140 Å². The van der Waals surface area contributed by atoms with Crippen LogP contribution in [0.1, 0.15) is 24.8 Å². The molecule has 1 heterocycles. The molecule has 0 spiro atoms. The molecule has 3 rings (SSSR count). The van der Waals surface area contributed by atoms with Crippen molar-refractivity contribution in [3.05, 3.63) is 34.9 Å². The van der Waals surface area contributed by atoms with Crippen molar-refractivity contribution in [2.75, 3.05) is 26.2 Å². The van der Waals surface area contributed by atoms with Gasteiger partial charge in [0.25, 0.3) is 5.91 Å². The van der Waals surface area contributed by atoms with Crippen LogP contribution in [0.5, 0.6) is 0 Å². The summed E-state index contributed by atoms with van der Waals surface area (Å²) in [6.07, 6.45) is -0.139. The molecule has 1 saturated carbocycles. The zero-order valence-corrected chi connectivity index (χ0v) is 13.9. The highest BCUT2D eigenvalue weighted by molar-refractivity contribution is 6.31. The molecule has 1 saturated heterocycles. The van der Waals surface area contributed by atoms with E-state index in [0.717, 1.165) is 17.0 Å². The minimum Gasteiger partial charge on any atom is -0.384 e. The van der Waals surface area contributed by atoms with Gasteiger partial charge in [-0.25, -0.2) is 0 Å².